The molecule has 1 aliphatic carbocycles. The maximum absolute atomic E-state index is 13.4. The van der Waals surface area contributed by atoms with Crippen molar-refractivity contribution in [1.82, 2.24) is 5.32 Å². The number of nitrogens with zero attached hydrogens (tertiary/aromatic N) is 1. The Morgan fingerprint density at radius 1 is 1.06 bits per heavy atom. The Bertz CT molecular complexity index is 1120. The SMILES string of the molecule is COC(=O)C1=C(C)NC2=C(C(=O)C[C@H](c3ccccc3)C2)[C@@H]1c1ccc([N+](=O)[O-])cc1. The molecule has 2 aromatic rings. The molecule has 0 fully saturated rings. The molecule has 4 rings (SSSR count). The van der Waals surface area contributed by atoms with Crippen molar-refractivity contribution in [2.75, 3.05) is 7.11 Å². The van der Waals surface area contributed by atoms with E-state index in [1.807, 2.05) is 30.3 Å². The van der Waals surface area contributed by atoms with Crippen LogP contribution < -0.4 is 5.32 Å². The van der Waals surface area contributed by atoms with Crippen LogP contribution in [0.15, 0.2) is 77.1 Å². The van der Waals surface area contributed by atoms with Crippen LogP contribution in [0.3, 0.4) is 0 Å². The molecule has 0 saturated heterocycles. The van der Waals surface area contributed by atoms with E-state index in [-0.39, 0.29) is 17.4 Å². The number of nitro groups is 1. The molecule has 0 aromatic heterocycles. The van der Waals surface area contributed by atoms with Crippen LogP contribution in [0.1, 0.15) is 42.7 Å². The van der Waals surface area contributed by atoms with Crippen LogP contribution >= 0.6 is 0 Å². The first-order chi connectivity index (χ1) is 14.9. The van der Waals surface area contributed by atoms with Gasteiger partial charge in [0.2, 0.25) is 0 Å². The number of carbonyl (C=O) groups is 2. The summed E-state index contributed by atoms with van der Waals surface area (Å²) in [6, 6.07) is 15.9. The summed E-state index contributed by atoms with van der Waals surface area (Å²) in [6.07, 6.45) is 0.974. The number of nitro benzene ring substituents is 1. The lowest BCUT2D eigenvalue weighted by Gasteiger charge is -2.36. The fraction of sp³-hybridized carbons (Fsp3) is 0.250. The van der Waals surface area contributed by atoms with E-state index in [1.54, 1.807) is 19.1 Å². The summed E-state index contributed by atoms with van der Waals surface area (Å²) in [5.41, 5.74) is 3.98. The fourth-order valence-electron chi connectivity index (χ4n) is 4.50. The van der Waals surface area contributed by atoms with E-state index in [9.17, 15) is 19.7 Å². The summed E-state index contributed by atoms with van der Waals surface area (Å²) < 4.78 is 5.00. The molecule has 0 unspecified atom stereocenters. The number of carbonyl (C=O) groups excluding carboxylic acids is 2. The quantitative estimate of drug-likeness (QED) is 0.455. The van der Waals surface area contributed by atoms with Gasteiger partial charge in [0.1, 0.15) is 0 Å². The molecule has 0 spiro atoms. The van der Waals surface area contributed by atoms with Gasteiger partial charge in [-0.25, -0.2) is 4.79 Å². The van der Waals surface area contributed by atoms with E-state index in [1.165, 1.54) is 19.2 Å². The van der Waals surface area contributed by atoms with Gasteiger partial charge in [0.25, 0.3) is 5.69 Å². The van der Waals surface area contributed by atoms with E-state index in [0.717, 1.165) is 11.3 Å². The van der Waals surface area contributed by atoms with Crippen LogP contribution in [-0.2, 0) is 14.3 Å². The molecule has 0 amide bonds. The molecule has 0 radical (unpaired) electrons. The summed E-state index contributed by atoms with van der Waals surface area (Å²) in [4.78, 5) is 36.6. The van der Waals surface area contributed by atoms with Crippen LogP contribution in [0.2, 0.25) is 0 Å². The highest BCUT2D eigenvalue weighted by Crippen LogP contribution is 2.45. The Hall–Kier alpha value is -3.74. The van der Waals surface area contributed by atoms with Crippen molar-refractivity contribution in [1.29, 1.82) is 0 Å². The van der Waals surface area contributed by atoms with Gasteiger partial charge < -0.3 is 10.1 Å². The number of allylic oxidation sites excluding steroid dienone is 3. The van der Waals surface area contributed by atoms with Crippen LogP contribution in [0.5, 0.6) is 0 Å². The summed E-state index contributed by atoms with van der Waals surface area (Å²) in [5.74, 6) is -1.16. The van der Waals surface area contributed by atoms with Crippen molar-refractivity contribution >= 4 is 17.4 Å². The molecular weight excluding hydrogens is 396 g/mol. The first-order valence-electron chi connectivity index (χ1n) is 10.0. The lowest BCUT2D eigenvalue weighted by atomic mass is 9.71. The Morgan fingerprint density at radius 2 is 1.74 bits per heavy atom. The van der Waals surface area contributed by atoms with Gasteiger partial charge >= 0.3 is 5.97 Å². The van der Waals surface area contributed by atoms with E-state index in [4.69, 9.17) is 4.74 Å². The predicted molar refractivity (Wildman–Crippen MR) is 114 cm³/mol. The molecule has 2 aliphatic rings. The van der Waals surface area contributed by atoms with Gasteiger partial charge in [-0.1, -0.05) is 42.5 Å². The lowest BCUT2D eigenvalue weighted by molar-refractivity contribution is -0.384. The number of nitrogens with one attached hydrogen (secondary N) is 1. The summed E-state index contributed by atoms with van der Waals surface area (Å²) in [5, 5.41) is 14.3. The van der Waals surface area contributed by atoms with Gasteiger partial charge in [0, 0.05) is 41.4 Å². The number of rotatable bonds is 4. The zero-order chi connectivity index (χ0) is 22.1. The highest BCUT2D eigenvalue weighted by molar-refractivity contribution is 6.04. The average molecular weight is 418 g/mol. The second-order valence-electron chi connectivity index (χ2n) is 7.77. The van der Waals surface area contributed by atoms with Crippen molar-refractivity contribution in [3.8, 4) is 0 Å². The Balaban J connectivity index is 1.80. The van der Waals surface area contributed by atoms with Crippen LogP contribution in [0.4, 0.5) is 5.69 Å². The van der Waals surface area contributed by atoms with Gasteiger partial charge in [-0.15, -0.1) is 0 Å². The number of dihydropyridines is 1. The molecule has 1 N–H and O–H groups in total. The van der Waals surface area contributed by atoms with Crippen LogP contribution in [-0.4, -0.2) is 23.8 Å². The molecule has 2 atom stereocenters. The predicted octanol–water partition coefficient (Wildman–Crippen LogP) is 4.13. The van der Waals surface area contributed by atoms with E-state index >= 15 is 0 Å². The first kappa shape index (κ1) is 20.5. The fourth-order valence-corrected chi connectivity index (χ4v) is 4.50. The molecule has 0 saturated carbocycles. The van der Waals surface area contributed by atoms with Gasteiger partial charge in [-0.2, -0.15) is 0 Å². The number of methoxy groups -OCH3 is 1. The second-order valence-corrected chi connectivity index (χ2v) is 7.77. The zero-order valence-electron chi connectivity index (χ0n) is 17.3. The number of Topliss-reactive ketones (excluding diaryl/α,β-unsaturated/α-hetero) is 1. The number of esters is 1. The number of hydrogen-bond donors (Lipinski definition) is 1. The van der Waals surface area contributed by atoms with Gasteiger partial charge in [0.05, 0.1) is 17.6 Å². The molecule has 158 valence electrons. The minimum Gasteiger partial charge on any atom is -0.466 e. The minimum atomic E-state index is -0.631. The molecule has 1 aliphatic heterocycles. The maximum Gasteiger partial charge on any atom is 0.336 e. The van der Waals surface area contributed by atoms with Crippen molar-refractivity contribution in [3.63, 3.8) is 0 Å². The second kappa shape index (κ2) is 8.18. The normalized spacial score (nSPS) is 20.8. The average Bonchev–Trinajstić information content (AvgIpc) is 2.78. The van der Waals surface area contributed by atoms with E-state index < -0.39 is 16.8 Å². The third-order valence-corrected chi connectivity index (χ3v) is 5.94. The third kappa shape index (κ3) is 3.74. The summed E-state index contributed by atoms with van der Waals surface area (Å²) >= 11 is 0. The number of ketones is 1. The van der Waals surface area contributed by atoms with Gasteiger partial charge in [-0.3, -0.25) is 14.9 Å². The Labute approximate surface area is 179 Å². The van der Waals surface area contributed by atoms with Crippen LogP contribution in [0, 0.1) is 10.1 Å². The summed E-state index contributed by atoms with van der Waals surface area (Å²) in [7, 11) is 1.30. The number of hydrogen-bond acceptors (Lipinski definition) is 6. The van der Waals surface area contributed by atoms with Crippen LogP contribution in [0.25, 0.3) is 0 Å². The highest BCUT2D eigenvalue weighted by atomic mass is 16.6. The third-order valence-electron chi connectivity index (χ3n) is 5.94. The monoisotopic (exact) mass is 418 g/mol. The molecule has 0 bridgehead atoms. The lowest BCUT2D eigenvalue weighted by Crippen LogP contribution is -2.36. The number of ether oxygens (including phenoxy) is 1. The summed E-state index contributed by atoms with van der Waals surface area (Å²) in [6.45, 7) is 1.78. The molecule has 7 heteroatoms. The number of benzene rings is 2. The Morgan fingerprint density at radius 3 is 2.35 bits per heavy atom. The number of non-ortho nitro benzene ring substituents is 1. The van der Waals surface area contributed by atoms with Crippen molar-refractivity contribution in [2.45, 2.75) is 31.6 Å². The largest absolute Gasteiger partial charge is 0.466 e. The maximum atomic E-state index is 13.4. The standard InChI is InChI=1S/C24H22N2O5/c1-14-21(24(28)31-2)22(16-8-10-18(11-9-16)26(29)30)23-19(25-14)12-17(13-20(23)27)15-6-4-3-5-7-15/h3-11,17,22,25H,12-13H2,1-2H3/t17-,22-/m1/s1. The first-order valence-corrected chi connectivity index (χ1v) is 10.0. The minimum absolute atomic E-state index is 0.0418. The molecule has 1 heterocycles. The van der Waals surface area contributed by atoms with Gasteiger partial charge in [0.15, 0.2) is 5.78 Å². The molecule has 2 aromatic carbocycles. The van der Waals surface area contributed by atoms with Gasteiger partial charge in [-0.05, 0) is 30.4 Å². The topological polar surface area (TPSA) is 98.5 Å². The smallest absolute Gasteiger partial charge is 0.336 e. The molecular formula is C24H22N2O5. The Kier molecular flexibility index (Phi) is 5.42. The van der Waals surface area contributed by atoms with E-state index in [2.05, 4.69) is 5.32 Å². The van der Waals surface area contributed by atoms with E-state index in [0.29, 0.717) is 35.2 Å². The highest BCUT2D eigenvalue weighted by Gasteiger charge is 2.41. The van der Waals surface area contributed by atoms with Crippen molar-refractivity contribution < 1.29 is 19.2 Å². The molecule has 31 heavy (non-hydrogen) atoms. The molecule has 7 nitrogen and oxygen atoms in total. The van der Waals surface area contributed by atoms with Crippen molar-refractivity contribution in [3.05, 3.63) is 98.4 Å². The van der Waals surface area contributed by atoms with Crippen molar-refractivity contribution in [2.24, 2.45) is 0 Å². The zero-order valence-corrected chi connectivity index (χ0v) is 17.3.